The molecule has 0 atom stereocenters. The van der Waals surface area contributed by atoms with Crippen molar-refractivity contribution in [3.63, 3.8) is 0 Å². The van der Waals surface area contributed by atoms with E-state index in [4.69, 9.17) is 27.9 Å². The van der Waals surface area contributed by atoms with Crippen molar-refractivity contribution in [1.82, 2.24) is 8.75 Å². The Morgan fingerprint density at radius 3 is 2.67 bits per heavy atom. The molecule has 1 aromatic heterocycles. The molecule has 0 saturated heterocycles. The highest BCUT2D eigenvalue weighted by Crippen LogP contribution is 2.31. The van der Waals surface area contributed by atoms with Gasteiger partial charge < -0.3 is 4.74 Å². The predicted octanol–water partition coefficient (Wildman–Crippen LogP) is 4.40. The van der Waals surface area contributed by atoms with E-state index in [-0.39, 0.29) is 5.15 Å². The van der Waals surface area contributed by atoms with Crippen LogP contribution in [0.5, 0.6) is 11.6 Å². The summed E-state index contributed by atoms with van der Waals surface area (Å²) in [4.78, 5) is 0. The molecule has 0 N–H and O–H groups in total. The average molecular weight is 326 g/mol. The highest BCUT2D eigenvalue weighted by Gasteiger charge is 2.08. The second kappa shape index (κ2) is 4.65. The molecule has 0 fully saturated rings. The van der Waals surface area contributed by atoms with Crippen molar-refractivity contribution in [2.45, 2.75) is 0 Å². The average Bonchev–Trinajstić information content (AvgIpc) is 2.59. The Kier molecular flexibility index (Phi) is 3.45. The Hall–Kier alpha value is -0.360. The third-order valence-corrected chi connectivity index (χ3v) is 3.62. The fraction of sp³-hybridized carbons (Fsp3) is 0. The van der Waals surface area contributed by atoms with Gasteiger partial charge in [-0.25, -0.2) is 0 Å². The van der Waals surface area contributed by atoms with Gasteiger partial charge in [0.25, 0.3) is 5.88 Å². The standard InChI is InChI=1S/C8H3BrCl2N2OS/c9-5-2-1-4(3-6(5)10)14-8-7(11)12-15-13-8/h1-3H. The van der Waals surface area contributed by atoms with Crippen LogP contribution in [-0.4, -0.2) is 8.75 Å². The highest BCUT2D eigenvalue weighted by molar-refractivity contribution is 9.10. The summed E-state index contributed by atoms with van der Waals surface area (Å²) in [6, 6.07) is 5.21. The number of benzene rings is 1. The van der Waals surface area contributed by atoms with Gasteiger partial charge in [-0.3, -0.25) is 0 Å². The van der Waals surface area contributed by atoms with Crippen LogP contribution in [0.1, 0.15) is 0 Å². The van der Waals surface area contributed by atoms with Crippen molar-refractivity contribution < 1.29 is 4.74 Å². The molecule has 0 unspecified atom stereocenters. The summed E-state index contributed by atoms with van der Waals surface area (Å²) >= 11 is 15.9. The highest BCUT2D eigenvalue weighted by atomic mass is 79.9. The zero-order valence-corrected chi connectivity index (χ0v) is 11.0. The van der Waals surface area contributed by atoms with E-state index < -0.39 is 0 Å². The zero-order valence-electron chi connectivity index (χ0n) is 7.08. The van der Waals surface area contributed by atoms with Gasteiger partial charge in [0.15, 0.2) is 0 Å². The van der Waals surface area contributed by atoms with Crippen LogP contribution in [0.15, 0.2) is 22.7 Å². The molecule has 1 heterocycles. The second-order valence-electron chi connectivity index (χ2n) is 2.54. The van der Waals surface area contributed by atoms with E-state index >= 15 is 0 Å². The van der Waals surface area contributed by atoms with Gasteiger partial charge in [-0.05, 0) is 28.1 Å². The number of hydrogen-bond donors (Lipinski definition) is 0. The molecule has 0 saturated carbocycles. The number of rotatable bonds is 2. The van der Waals surface area contributed by atoms with Crippen LogP contribution in [0.25, 0.3) is 0 Å². The van der Waals surface area contributed by atoms with Gasteiger partial charge in [-0.1, -0.05) is 23.2 Å². The Morgan fingerprint density at radius 2 is 2.07 bits per heavy atom. The first-order valence-corrected chi connectivity index (χ1v) is 6.05. The number of nitrogens with zero attached hydrogens (tertiary/aromatic N) is 2. The molecule has 0 bridgehead atoms. The number of aromatic nitrogens is 2. The third-order valence-electron chi connectivity index (χ3n) is 1.53. The molecular weight excluding hydrogens is 323 g/mol. The quantitative estimate of drug-likeness (QED) is 0.820. The van der Waals surface area contributed by atoms with E-state index in [1.807, 2.05) is 0 Å². The SMILES string of the molecule is Clc1cc(Oc2nsnc2Cl)ccc1Br. The summed E-state index contributed by atoms with van der Waals surface area (Å²) in [5.41, 5.74) is 0. The molecule has 2 rings (SSSR count). The lowest BCUT2D eigenvalue weighted by molar-refractivity contribution is 0.468. The minimum atomic E-state index is 0.249. The van der Waals surface area contributed by atoms with Crippen LogP contribution in [0.3, 0.4) is 0 Å². The van der Waals surface area contributed by atoms with Gasteiger partial charge in [-0.2, -0.15) is 4.37 Å². The Bertz CT molecular complexity index is 491. The van der Waals surface area contributed by atoms with Crippen molar-refractivity contribution in [2.75, 3.05) is 0 Å². The summed E-state index contributed by atoms with van der Waals surface area (Å²) in [7, 11) is 0. The minimum absolute atomic E-state index is 0.249. The van der Waals surface area contributed by atoms with Crippen molar-refractivity contribution in [3.8, 4) is 11.6 Å². The van der Waals surface area contributed by atoms with Crippen LogP contribution < -0.4 is 4.74 Å². The van der Waals surface area contributed by atoms with Crippen LogP contribution >= 0.6 is 50.9 Å². The molecule has 3 nitrogen and oxygen atoms in total. The third kappa shape index (κ3) is 2.60. The molecular formula is C8H3BrCl2N2OS. The predicted molar refractivity (Wildman–Crippen MR) is 64.1 cm³/mol. The van der Waals surface area contributed by atoms with Gasteiger partial charge in [0.1, 0.15) is 5.75 Å². The summed E-state index contributed by atoms with van der Waals surface area (Å²) in [5, 5.41) is 0.811. The molecule has 0 spiro atoms. The van der Waals surface area contributed by atoms with Crippen LogP contribution in [0, 0.1) is 0 Å². The zero-order chi connectivity index (χ0) is 10.8. The summed E-state index contributed by atoms with van der Waals surface area (Å²) < 4.78 is 13.9. The van der Waals surface area contributed by atoms with Gasteiger partial charge in [0.05, 0.1) is 16.8 Å². The van der Waals surface area contributed by atoms with E-state index in [0.717, 1.165) is 16.2 Å². The molecule has 15 heavy (non-hydrogen) atoms. The van der Waals surface area contributed by atoms with Gasteiger partial charge in [0, 0.05) is 10.5 Å². The molecule has 0 radical (unpaired) electrons. The maximum absolute atomic E-state index is 5.90. The van der Waals surface area contributed by atoms with E-state index in [2.05, 4.69) is 24.7 Å². The largest absolute Gasteiger partial charge is 0.436 e. The maximum Gasteiger partial charge on any atom is 0.270 e. The normalized spacial score (nSPS) is 10.3. The monoisotopic (exact) mass is 324 g/mol. The summed E-state index contributed by atoms with van der Waals surface area (Å²) in [6.07, 6.45) is 0. The first-order chi connectivity index (χ1) is 7.16. The second-order valence-corrected chi connectivity index (χ2v) is 4.69. The number of halogens is 3. The molecule has 7 heteroatoms. The van der Waals surface area contributed by atoms with E-state index in [1.165, 1.54) is 0 Å². The lowest BCUT2D eigenvalue weighted by atomic mass is 10.3. The Labute approximate surface area is 108 Å². The molecule has 0 aliphatic heterocycles. The molecule has 0 amide bonds. The van der Waals surface area contributed by atoms with Crippen molar-refractivity contribution in [2.24, 2.45) is 0 Å². The maximum atomic E-state index is 5.90. The summed E-state index contributed by atoms with van der Waals surface area (Å²) in [5.74, 6) is 0.859. The lowest BCUT2D eigenvalue weighted by Gasteiger charge is -2.03. The molecule has 2 aromatic rings. The Balaban J connectivity index is 2.25. The van der Waals surface area contributed by atoms with Crippen LogP contribution in [-0.2, 0) is 0 Å². The van der Waals surface area contributed by atoms with Crippen molar-refractivity contribution in [1.29, 1.82) is 0 Å². The smallest absolute Gasteiger partial charge is 0.270 e. The van der Waals surface area contributed by atoms with E-state index in [1.54, 1.807) is 18.2 Å². The summed E-state index contributed by atoms with van der Waals surface area (Å²) in [6.45, 7) is 0. The van der Waals surface area contributed by atoms with Gasteiger partial charge in [-0.15, -0.1) is 4.37 Å². The first kappa shape index (κ1) is 11.1. The number of hydrogen-bond acceptors (Lipinski definition) is 4. The van der Waals surface area contributed by atoms with E-state index in [0.29, 0.717) is 16.7 Å². The topological polar surface area (TPSA) is 35.0 Å². The molecule has 0 aliphatic carbocycles. The fourth-order valence-electron chi connectivity index (χ4n) is 0.883. The van der Waals surface area contributed by atoms with Crippen molar-refractivity contribution >= 4 is 50.9 Å². The van der Waals surface area contributed by atoms with E-state index in [9.17, 15) is 0 Å². The minimum Gasteiger partial charge on any atom is -0.436 e. The molecule has 1 aromatic carbocycles. The van der Waals surface area contributed by atoms with Crippen LogP contribution in [0.2, 0.25) is 10.2 Å². The fourth-order valence-corrected chi connectivity index (χ4v) is 1.91. The van der Waals surface area contributed by atoms with Gasteiger partial charge in [0.2, 0.25) is 5.15 Å². The number of ether oxygens (including phenoxy) is 1. The lowest BCUT2D eigenvalue weighted by Crippen LogP contribution is -1.84. The first-order valence-electron chi connectivity index (χ1n) is 3.78. The Morgan fingerprint density at radius 1 is 1.27 bits per heavy atom. The molecule has 78 valence electrons. The van der Waals surface area contributed by atoms with Crippen LogP contribution in [0.4, 0.5) is 0 Å². The molecule has 0 aliphatic rings. The van der Waals surface area contributed by atoms with Gasteiger partial charge >= 0.3 is 0 Å². The van der Waals surface area contributed by atoms with Crippen molar-refractivity contribution in [3.05, 3.63) is 32.8 Å².